The fourth-order valence-corrected chi connectivity index (χ4v) is 1.72. The average Bonchev–Trinajstić information content (AvgIpc) is 2.89. The van der Waals surface area contributed by atoms with Crippen LogP contribution in [-0.2, 0) is 6.54 Å². The maximum atomic E-state index is 5.33. The fraction of sp³-hybridized carbons (Fsp3) is 0.308. The van der Waals surface area contributed by atoms with Crippen molar-refractivity contribution in [3.63, 3.8) is 0 Å². The van der Waals surface area contributed by atoms with Gasteiger partial charge < -0.3 is 14.5 Å². The highest BCUT2D eigenvalue weighted by Gasteiger charge is 2.10. The van der Waals surface area contributed by atoms with Crippen molar-refractivity contribution in [1.82, 2.24) is 10.3 Å². The van der Waals surface area contributed by atoms with Crippen molar-refractivity contribution in [3.8, 4) is 5.75 Å². The minimum atomic E-state index is 0.191. The lowest BCUT2D eigenvalue weighted by molar-refractivity contribution is 0.397. The van der Waals surface area contributed by atoms with E-state index in [-0.39, 0.29) is 6.04 Å². The Bertz CT molecular complexity index is 454. The van der Waals surface area contributed by atoms with E-state index in [4.69, 9.17) is 9.15 Å². The van der Waals surface area contributed by atoms with E-state index in [9.17, 15) is 0 Å². The number of aromatic nitrogens is 1. The molecule has 1 aromatic heterocycles. The first kappa shape index (κ1) is 11.7. The second-order valence-corrected chi connectivity index (χ2v) is 3.81. The lowest BCUT2D eigenvalue weighted by Gasteiger charge is -2.16. The molecule has 0 bridgehead atoms. The molecule has 90 valence electrons. The van der Waals surface area contributed by atoms with E-state index in [1.165, 1.54) is 6.39 Å². The maximum absolute atomic E-state index is 5.33. The molecular formula is C13H16N2O2. The number of methoxy groups -OCH3 is 1. The van der Waals surface area contributed by atoms with Crippen molar-refractivity contribution in [3.05, 3.63) is 48.2 Å². The van der Waals surface area contributed by atoms with Gasteiger partial charge >= 0.3 is 0 Å². The molecule has 0 radical (unpaired) electrons. The summed E-state index contributed by atoms with van der Waals surface area (Å²) in [5, 5.41) is 3.36. The van der Waals surface area contributed by atoms with E-state index in [1.807, 2.05) is 18.2 Å². The predicted molar refractivity (Wildman–Crippen MR) is 64.8 cm³/mol. The quantitative estimate of drug-likeness (QED) is 0.860. The zero-order valence-corrected chi connectivity index (χ0v) is 10.0. The summed E-state index contributed by atoms with van der Waals surface area (Å²) in [6.07, 6.45) is 3.15. The number of benzene rings is 1. The normalized spacial score (nSPS) is 12.4. The Morgan fingerprint density at radius 2 is 2.24 bits per heavy atom. The third-order valence-electron chi connectivity index (χ3n) is 2.67. The first-order valence-electron chi connectivity index (χ1n) is 5.55. The summed E-state index contributed by atoms with van der Waals surface area (Å²) in [5.41, 5.74) is 1.13. The summed E-state index contributed by atoms with van der Waals surface area (Å²) in [5.74, 6) is 1.72. The van der Waals surface area contributed by atoms with Crippen molar-refractivity contribution in [2.45, 2.75) is 19.5 Å². The summed E-state index contributed by atoms with van der Waals surface area (Å²) in [6, 6.07) is 8.17. The Labute approximate surface area is 101 Å². The van der Waals surface area contributed by atoms with E-state index in [1.54, 1.807) is 13.3 Å². The van der Waals surface area contributed by atoms with Crippen LogP contribution in [0.1, 0.15) is 24.3 Å². The third kappa shape index (κ3) is 2.85. The molecule has 0 fully saturated rings. The van der Waals surface area contributed by atoms with Crippen LogP contribution in [0.25, 0.3) is 0 Å². The molecule has 0 aliphatic rings. The molecule has 1 atom stereocenters. The molecule has 17 heavy (non-hydrogen) atoms. The second kappa shape index (κ2) is 5.50. The number of oxazole rings is 1. The summed E-state index contributed by atoms with van der Waals surface area (Å²) >= 11 is 0. The summed E-state index contributed by atoms with van der Waals surface area (Å²) in [4.78, 5) is 3.88. The van der Waals surface area contributed by atoms with Crippen LogP contribution < -0.4 is 10.1 Å². The van der Waals surface area contributed by atoms with E-state index in [0.29, 0.717) is 6.54 Å². The molecule has 1 N–H and O–H groups in total. The van der Waals surface area contributed by atoms with Gasteiger partial charge in [-0.25, -0.2) is 4.98 Å². The lowest BCUT2D eigenvalue weighted by atomic mass is 10.1. The van der Waals surface area contributed by atoms with Crippen LogP contribution in [0.4, 0.5) is 0 Å². The van der Waals surface area contributed by atoms with E-state index < -0.39 is 0 Å². The largest absolute Gasteiger partial charge is 0.496 e. The zero-order valence-electron chi connectivity index (χ0n) is 10.0. The van der Waals surface area contributed by atoms with E-state index >= 15 is 0 Å². The number of rotatable bonds is 5. The molecule has 0 aliphatic carbocycles. The van der Waals surface area contributed by atoms with Gasteiger partial charge in [0.1, 0.15) is 11.5 Å². The molecule has 0 saturated carbocycles. The molecule has 0 amide bonds. The smallest absolute Gasteiger partial charge is 0.180 e. The van der Waals surface area contributed by atoms with Crippen LogP contribution in [0.5, 0.6) is 5.75 Å². The molecular weight excluding hydrogens is 216 g/mol. The molecule has 0 spiro atoms. The molecule has 1 unspecified atom stereocenters. The molecule has 1 heterocycles. The minimum absolute atomic E-state index is 0.191. The molecule has 4 nitrogen and oxygen atoms in total. The van der Waals surface area contributed by atoms with Gasteiger partial charge in [-0.1, -0.05) is 18.2 Å². The monoisotopic (exact) mass is 232 g/mol. The van der Waals surface area contributed by atoms with Gasteiger partial charge in [-0.2, -0.15) is 0 Å². The molecule has 2 aromatic rings. The SMILES string of the molecule is COc1ccccc1C(C)NCc1cnco1. The van der Waals surface area contributed by atoms with E-state index in [0.717, 1.165) is 17.1 Å². The number of hydrogen-bond donors (Lipinski definition) is 1. The van der Waals surface area contributed by atoms with Crippen molar-refractivity contribution in [1.29, 1.82) is 0 Å². The molecule has 0 saturated heterocycles. The first-order chi connectivity index (χ1) is 8.31. The van der Waals surface area contributed by atoms with Gasteiger partial charge in [-0.05, 0) is 13.0 Å². The summed E-state index contributed by atoms with van der Waals surface area (Å²) < 4.78 is 10.5. The Balaban J connectivity index is 2.01. The van der Waals surface area contributed by atoms with Gasteiger partial charge in [0.05, 0.1) is 19.9 Å². The van der Waals surface area contributed by atoms with Gasteiger partial charge in [-0.15, -0.1) is 0 Å². The average molecular weight is 232 g/mol. The third-order valence-corrected chi connectivity index (χ3v) is 2.67. The Hall–Kier alpha value is -1.81. The van der Waals surface area contributed by atoms with Crippen LogP contribution in [0, 0.1) is 0 Å². The van der Waals surface area contributed by atoms with Crippen molar-refractivity contribution in [2.75, 3.05) is 7.11 Å². The lowest BCUT2D eigenvalue weighted by Crippen LogP contribution is -2.18. The Morgan fingerprint density at radius 1 is 1.41 bits per heavy atom. The minimum Gasteiger partial charge on any atom is -0.496 e. The number of hydrogen-bond acceptors (Lipinski definition) is 4. The van der Waals surface area contributed by atoms with Crippen molar-refractivity contribution in [2.24, 2.45) is 0 Å². The Morgan fingerprint density at radius 3 is 2.94 bits per heavy atom. The molecule has 4 heteroatoms. The van der Waals surface area contributed by atoms with Gasteiger partial charge in [0.15, 0.2) is 6.39 Å². The Kier molecular flexibility index (Phi) is 3.77. The summed E-state index contributed by atoms with van der Waals surface area (Å²) in [6.45, 7) is 2.74. The number of nitrogens with zero attached hydrogens (tertiary/aromatic N) is 1. The molecule has 0 aliphatic heterocycles. The number of ether oxygens (including phenoxy) is 1. The molecule has 2 rings (SSSR count). The number of para-hydroxylation sites is 1. The highest BCUT2D eigenvalue weighted by atomic mass is 16.5. The van der Waals surface area contributed by atoms with Crippen molar-refractivity contribution < 1.29 is 9.15 Å². The topological polar surface area (TPSA) is 47.3 Å². The van der Waals surface area contributed by atoms with E-state index in [2.05, 4.69) is 23.3 Å². The highest BCUT2D eigenvalue weighted by molar-refractivity contribution is 5.35. The zero-order chi connectivity index (χ0) is 12.1. The first-order valence-corrected chi connectivity index (χ1v) is 5.55. The standard InChI is InChI=1S/C13H16N2O2/c1-10(15-8-11-7-14-9-17-11)12-5-3-4-6-13(12)16-2/h3-7,9-10,15H,8H2,1-2H3. The van der Waals surface area contributed by atoms with Crippen LogP contribution in [0.3, 0.4) is 0 Å². The van der Waals surface area contributed by atoms with Crippen molar-refractivity contribution >= 4 is 0 Å². The van der Waals surface area contributed by atoms with Crippen LogP contribution in [0.15, 0.2) is 41.3 Å². The second-order valence-electron chi connectivity index (χ2n) is 3.81. The van der Waals surface area contributed by atoms with Gasteiger partial charge in [0.2, 0.25) is 0 Å². The van der Waals surface area contributed by atoms with Crippen LogP contribution in [-0.4, -0.2) is 12.1 Å². The predicted octanol–water partition coefficient (Wildman–Crippen LogP) is 2.53. The fourth-order valence-electron chi connectivity index (χ4n) is 1.72. The van der Waals surface area contributed by atoms with Gasteiger partial charge in [0, 0.05) is 11.6 Å². The number of nitrogens with one attached hydrogen (secondary N) is 1. The molecule has 1 aromatic carbocycles. The van der Waals surface area contributed by atoms with Crippen LogP contribution in [0.2, 0.25) is 0 Å². The maximum Gasteiger partial charge on any atom is 0.180 e. The van der Waals surface area contributed by atoms with Crippen LogP contribution >= 0.6 is 0 Å². The summed E-state index contributed by atoms with van der Waals surface area (Å²) in [7, 11) is 1.68. The highest BCUT2D eigenvalue weighted by Crippen LogP contribution is 2.24. The van der Waals surface area contributed by atoms with Gasteiger partial charge in [-0.3, -0.25) is 0 Å². The van der Waals surface area contributed by atoms with Gasteiger partial charge in [0.25, 0.3) is 0 Å².